The van der Waals surface area contributed by atoms with E-state index in [1.165, 1.54) is 11.8 Å². The molecule has 26 heavy (non-hydrogen) atoms. The van der Waals surface area contributed by atoms with Crippen LogP contribution in [0.4, 0.5) is 17.2 Å². The Morgan fingerprint density at radius 3 is 2.31 bits per heavy atom. The Labute approximate surface area is 157 Å². The number of carbonyl (C=O) groups excluding carboxylic acids is 1. The van der Waals surface area contributed by atoms with Gasteiger partial charge in [0.05, 0.1) is 23.1 Å². The van der Waals surface area contributed by atoms with Gasteiger partial charge >= 0.3 is 0 Å². The van der Waals surface area contributed by atoms with Gasteiger partial charge in [0, 0.05) is 5.69 Å². The van der Waals surface area contributed by atoms with Crippen molar-refractivity contribution in [3.05, 3.63) is 77.2 Å². The summed E-state index contributed by atoms with van der Waals surface area (Å²) in [6, 6.07) is 15.1. The van der Waals surface area contributed by atoms with Gasteiger partial charge in [0.2, 0.25) is 0 Å². The van der Waals surface area contributed by atoms with Crippen LogP contribution in [0.2, 0.25) is 5.02 Å². The Morgan fingerprint density at radius 1 is 0.962 bits per heavy atom. The molecule has 0 atom stereocenters. The second-order valence-electron chi connectivity index (χ2n) is 6.09. The summed E-state index contributed by atoms with van der Waals surface area (Å²) in [6.07, 6.45) is 2.98. The van der Waals surface area contributed by atoms with Gasteiger partial charge in [-0.05, 0) is 29.7 Å². The minimum atomic E-state index is -0.361. The highest BCUT2D eigenvalue weighted by atomic mass is 35.5. The molecule has 0 fully saturated rings. The fourth-order valence-electron chi connectivity index (χ4n) is 2.51. The highest BCUT2D eigenvalue weighted by molar-refractivity contribution is 6.33. The maximum atomic E-state index is 12.3. The lowest BCUT2D eigenvalue weighted by atomic mass is 10.0. The SMILES string of the molecule is CC(C)c1ccccc1Nc1cnc(C(=O)Nc2ccccc2Cl)cn1. The maximum Gasteiger partial charge on any atom is 0.275 e. The van der Waals surface area contributed by atoms with Gasteiger partial charge < -0.3 is 10.6 Å². The molecule has 2 aromatic carbocycles. The average Bonchev–Trinajstić information content (AvgIpc) is 2.64. The van der Waals surface area contributed by atoms with E-state index in [2.05, 4.69) is 40.5 Å². The predicted octanol–water partition coefficient (Wildman–Crippen LogP) is 5.25. The summed E-state index contributed by atoms with van der Waals surface area (Å²) < 4.78 is 0. The van der Waals surface area contributed by atoms with Gasteiger partial charge in [-0.2, -0.15) is 0 Å². The Kier molecular flexibility index (Phi) is 5.49. The third-order valence-corrected chi connectivity index (χ3v) is 4.18. The van der Waals surface area contributed by atoms with Crippen LogP contribution in [0, 0.1) is 0 Å². The molecule has 2 N–H and O–H groups in total. The summed E-state index contributed by atoms with van der Waals surface area (Å²) in [4.78, 5) is 20.8. The Balaban J connectivity index is 1.73. The van der Waals surface area contributed by atoms with Crippen molar-refractivity contribution in [2.75, 3.05) is 10.6 Å². The van der Waals surface area contributed by atoms with Crippen molar-refractivity contribution in [2.24, 2.45) is 0 Å². The number of aromatic nitrogens is 2. The van der Waals surface area contributed by atoms with Gasteiger partial charge in [0.15, 0.2) is 0 Å². The van der Waals surface area contributed by atoms with E-state index in [4.69, 9.17) is 11.6 Å². The zero-order chi connectivity index (χ0) is 18.5. The summed E-state index contributed by atoms with van der Waals surface area (Å²) in [5.74, 6) is 0.597. The quantitative estimate of drug-likeness (QED) is 0.647. The second kappa shape index (κ2) is 7.97. The van der Waals surface area contributed by atoms with Gasteiger partial charge in [0.1, 0.15) is 11.5 Å². The summed E-state index contributed by atoms with van der Waals surface area (Å²) in [7, 11) is 0. The number of hydrogen-bond donors (Lipinski definition) is 2. The maximum absolute atomic E-state index is 12.3. The molecule has 0 saturated heterocycles. The highest BCUT2D eigenvalue weighted by Crippen LogP contribution is 2.26. The lowest BCUT2D eigenvalue weighted by Gasteiger charge is -2.14. The number of carbonyl (C=O) groups is 1. The first-order valence-electron chi connectivity index (χ1n) is 8.28. The smallest absolute Gasteiger partial charge is 0.275 e. The highest BCUT2D eigenvalue weighted by Gasteiger charge is 2.11. The van der Waals surface area contributed by atoms with Crippen LogP contribution in [0.25, 0.3) is 0 Å². The number of halogens is 1. The minimum Gasteiger partial charge on any atom is -0.339 e. The van der Waals surface area contributed by atoms with E-state index >= 15 is 0 Å². The number of nitrogens with zero attached hydrogens (tertiary/aromatic N) is 2. The first kappa shape index (κ1) is 17.9. The molecule has 132 valence electrons. The fourth-order valence-corrected chi connectivity index (χ4v) is 2.69. The summed E-state index contributed by atoms with van der Waals surface area (Å²) in [6.45, 7) is 4.27. The molecule has 0 spiro atoms. The number of hydrogen-bond acceptors (Lipinski definition) is 4. The van der Waals surface area contributed by atoms with Gasteiger partial charge in [-0.15, -0.1) is 0 Å². The van der Waals surface area contributed by atoms with Crippen LogP contribution in [0.3, 0.4) is 0 Å². The van der Waals surface area contributed by atoms with Crippen LogP contribution >= 0.6 is 11.6 Å². The molecule has 0 radical (unpaired) electrons. The number of amides is 1. The van der Waals surface area contributed by atoms with E-state index in [-0.39, 0.29) is 11.6 Å². The minimum absolute atomic E-state index is 0.215. The van der Waals surface area contributed by atoms with E-state index < -0.39 is 0 Å². The Morgan fingerprint density at radius 2 is 1.65 bits per heavy atom. The van der Waals surface area contributed by atoms with Crippen LogP contribution in [0.1, 0.15) is 35.8 Å². The van der Waals surface area contributed by atoms with E-state index in [0.29, 0.717) is 22.4 Å². The van der Waals surface area contributed by atoms with Crippen molar-refractivity contribution >= 4 is 34.7 Å². The van der Waals surface area contributed by atoms with Crippen LogP contribution in [-0.2, 0) is 0 Å². The Bertz CT molecular complexity index is 910. The van der Waals surface area contributed by atoms with E-state index in [1.807, 2.05) is 18.2 Å². The van der Waals surface area contributed by atoms with Gasteiger partial charge in [-0.1, -0.05) is 55.8 Å². The van der Waals surface area contributed by atoms with Crippen LogP contribution in [0.15, 0.2) is 60.9 Å². The monoisotopic (exact) mass is 366 g/mol. The lowest BCUT2D eigenvalue weighted by Crippen LogP contribution is -2.14. The molecule has 0 unspecified atom stereocenters. The molecule has 6 heteroatoms. The standard InChI is InChI=1S/C20H19ClN4O/c1-13(2)14-7-3-5-9-16(14)24-19-12-22-18(11-23-19)20(26)25-17-10-6-4-8-15(17)21/h3-13H,1-2H3,(H,23,24)(H,25,26). The normalized spacial score (nSPS) is 10.6. The molecule has 0 aliphatic carbocycles. The number of para-hydroxylation sites is 2. The number of nitrogens with one attached hydrogen (secondary N) is 2. The zero-order valence-electron chi connectivity index (χ0n) is 14.5. The first-order chi connectivity index (χ1) is 12.5. The third-order valence-electron chi connectivity index (χ3n) is 3.85. The van der Waals surface area contributed by atoms with E-state index in [0.717, 1.165) is 5.69 Å². The summed E-state index contributed by atoms with van der Waals surface area (Å²) in [5.41, 5.74) is 2.92. The van der Waals surface area contributed by atoms with Gasteiger partial charge in [-0.25, -0.2) is 9.97 Å². The average molecular weight is 367 g/mol. The fraction of sp³-hybridized carbons (Fsp3) is 0.150. The molecule has 1 amide bonds. The molecular formula is C20H19ClN4O. The number of rotatable bonds is 5. The van der Waals surface area contributed by atoms with Crippen LogP contribution in [-0.4, -0.2) is 15.9 Å². The molecule has 0 aliphatic heterocycles. The molecule has 1 heterocycles. The van der Waals surface area contributed by atoms with Crippen LogP contribution < -0.4 is 10.6 Å². The second-order valence-corrected chi connectivity index (χ2v) is 6.50. The molecular weight excluding hydrogens is 348 g/mol. The zero-order valence-corrected chi connectivity index (χ0v) is 15.3. The van der Waals surface area contributed by atoms with Crippen molar-refractivity contribution in [3.8, 4) is 0 Å². The molecule has 1 aromatic heterocycles. The molecule has 0 aliphatic rings. The van der Waals surface area contributed by atoms with Crippen LogP contribution in [0.5, 0.6) is 0 Å². The van der Waals surface area contributed by atoms with E-state index in [1.54, 1.807) is 30.5 Å². The summed E-state index contributed by atoms with van der Waals surface area (Å²) in [5, 5.41) is 6.45. The Hall–Kier alpha value is -2.92. The van der Waals surface area contributed by atoms with Crippen molar-refractivity contribution in [1.29, 1.82) is 0 Å². The first-order valence-corrected chi connectivity index (χ1v) is 8.66. The van der Waals surface area contributed by atoms with E-state index in [9.17, 15) is 4.79 Å². The van der Waals surface area contributed by atoms with Gasteiger partial charge in [0.25, 0.3) is 5.91 Å². The topological polar surface area (TPSA) is 66.9 Å². The molecule has 0 saturated carbocycles. The largest absolute Gasteiger partial charge is 0.339 e. The van der Waals surface area contributed by atoms with Crippen molar-refractivity contribution in [3.63, 3.8) is 0 Å². The molecule has 3 rings (SSSR count). The van der Waals surface area contributed by atoms with Gasteiger partial charge in [-0.3, -0.25) is 4.79 Å². The number of anilines is 3. The molecule has 3 aromatic rings. The third kappa shape index (κ3) is 4.18. The molecule has 0 bridgehead atoms. The molecule has 5 nitrogen and oxygen atoms in total. The van der Waals surface area contributed by atoms with Crippen molar-refractivity contribution in [2.45, 2.75) is 19.8 Å². The summed E-state index contributed by atoms with van der Waals surface area (Å²) >= 11 is 6.05. The van der Waals surface area contributed by atoms with Crippen molar-refractivity contribution in [1.82, 2.24) is 9.97 Å². The number of benzene rings is 2. The van der Waals surface area contributed by atoms with Crippen molar-refractivity contribution < 1.29 is 4.79 Å². The lowest BCUT2D eigenvalue weighted by molar-refractivity contribution is 0.102. The predicted molar refractivity (Wildman–Crippen MR) is 105 cm³/mol.